The van der Waals surface area contributed by atoms with Crippen molar-refractivity contribution in [3.05, 3.63) is 53.3 Å². The van der Waals surface area contributed by atoms with Crippen LogP contribution in [0.2, 0.25) is 0 Å². The minimum Gasteiger partial charge on any atom is -0.454 e. The number of benzene rings is 1. The number of ether oxygens (including phenoxy) is 1. The summed E-state index contributed by atoms with van der Waals surface area (Å²) < 4.78 is 52.6. The van der Waals surface area contributed by atoms with Crippen LogP contribution in [0.5, 0.6) is 11.5 Å². The standard InChI is InChI=1S/C18H16FN5O5S/c1-9-16(10(2)29-23-9)30(26,27)24-11-3-4-15(13(19)7-11)28-14-5-6-20-17-12(14)8-21-18(25)22-17/h3-7,24H,8H2,1-2H3,(H2,20,21,22,25). The summed E-state index contributed by atoms with van der Waals surface area (Å²) in [7, 11) is -4.01. The zero-order valence-corrected chi connectivity index (χ0v) is 16.6. The summed E-state index contributed by atoms with van der Waals surface area (Å²) in [6.07, 6.45) is 1.42. The molecule has 30 heavy (non-hydrogen) atoms. The maximum absolute atomic E-state index is 14.6. The number of rotatable bonds is 5. The van der Waals surface area contributed by atoms with E-state index in [-0.39, 0.29) is 34.3 Å². The molecule has 0 saturated heterocycles. The summed E-state index contributed by atoms with van der Waals surface area (Å²) in [5, 5.41) is 8.73. The van der Waals surface area contributed by atoms with Crippen LogP contribution in [0.15, 0.2) is 39.9 Å². The summed E-state index contributed by atoms with van der Waals surface area (Å²) in [6, 6.07) is 4.79. The van der Waals surface area contributed by atoms with Gasteiger partial charge in [0.05, 0.1) is 17.8 Å². The van der Waals surface area contributed by atoms with Crippen LogP contribution in [0.4, 0.5) is 20.7 Å². The molecule has 0 spiro atoms. The Labute approximate surface area is 170 Å². The molecule has 156 valence electrons. The van der Waals surface area contributed by atoms with Crippen LogP contribution >= 0.6 is 0 Å². The Hall–Kier alpha value is -3.67. The van der Waals surface area contributed by atoms with Gasteiger partial charge in [-0.05, 0) is 32.0 Å². The van der Waals surface area contributed by atoms with Gasteiger partial charge < -0.3 is 14.6 Å². The van der Waals surface area contributed by atoms with Gasteiger partial charge in [-0.2, -0.15) is 0 Å². The molecule has 0 unspecified atom stereocenters. The predicted octanol–water partition coefficient (Wildman–Crippen LogP) is 3.05. The molecule has 2 aromatic heterocycles. The Bertz CT molecular complexity index is 1240. The van der Waals surface area contributed by atoms with Crippen LogP contribution < -0.4 is 20.1 Å². The lowest BCUT2D eigenvalue weighted by Gasteiger charge is -2.20. The van der Waals surface area contributed by atoms with Crippen molar-refractivity contribution in [2.45, 2.75) is 25.3 Å². The summed E-state index contributed by atoms with van der Waals surface area (Å²) in [5.41, 5.74) is 0.758. The normalized spacial score (nSPS) is 13.2. The number of carbonyl (C=O) groups excluding carboxylic acids is 1. The van der Waals surface area contributed by atoms with Gasteiger partial charge in [-0.25, -0.2) is 22.6 Å². The van der Waals surface area contributed by atoms with Crippen molar-refractivity contribution in [3.63, 3.8) is 0 Å². The average Bonchev–Trinajstić information content (AvgIpc) is 3.02. The Morgan fingerprint density at radius 3 is 2.73 bits per heavy atom. The lowest BCUT2D eigenvalue weighted by Crippen LogP contribution is -2.34. The van der Waals surface area contributed by atoms with Gasteiger partial charge in [0, 0.05) is 12.3 Å². The number of nitrogens with zero attached hydrogens (tertiary/aromatic N) is 2. The number of hydrogen-bond acceptors (Lipinski definition) is 7. The minimum absolute atomic E-state index is 0.00513. The van der Waals surface area contributed by atoms with Crippen molar-refractivity contribution in [2.24, 2.45) is 0 Å². The number of pyridine rings is 1. The molecular weight excluding hydrogens is 417 g/mol. The van der Waals surface area contributed by atoms with Gasteiger partial charge >= 0.3 is 6.03 Å². The van der Waals surface area contributed by atoms with E-state index in [1.54, 1.807) is 0 Å². The highest BCUT2D eigenvalue weighted by Crippen LogP contribution is 2.33. The number of aromatic nitrogens is 2. The van der Waals surface area contributed by atoms with Crippen LogP contribution in [0.25, 0.3) is 0 Å². The molecule has 3 heterocycles. The molecular formula is C18H16FN5O5S. The van der Waals surface area contributed by atoms with Crippen LogP contribution in [0.3, 0.4) is 0 Å². The number of fused-ring (bicyclic) bond motifs is 1. The smallest absolute Gasteiger partial charge is 0.320 e. The summed E-state index contributed by atoms with van der Waals surface area (Å²) in [4.78, 5) is 15.4. The largest absolute Gasteiger partial charge is 0.454 e. The third kappa shape index (κ3) is 3.64. The van der Waals surface area contributed by atoms with E-state index in [0.29, 0.717) is 17.1 Å². The van der Waals surface area contributed by atoms with Gasteiger partial charge in [-0.1, -0.05) is 5.16 Å². The molecule has 1 aliphatic heterocycles. The molecule has 0 fully saturated rings. The number of nitrogens with one attached hydrogen (secondary N) is 3. The van der Waals surface area contributed by atoms with Crippen molar-refractivity contribution in [1.29, 1.82) is 0 Å². The molecule has 4 rings (SSSR count). The minimum atomic E-state index is -4.01. The second-order valence-electron chi connectivity index (χ2n) is 6.45. The summed E-state index contributed by atoms with van der Waals surface area (Å²) in [5.74, 6) is -0.160. The zero-order chi connectivity index (χ0) is 21.5. The van der Waals surface area contributed by atoms with Gasteiger partial charge in [-0.15, -0.1) is 0 Å². The fourth-order valence-electron chi connectivity index (χ4n) is 3.00. The molecule has 0 atom stereocenters. The first-order valence-corrected chi connectivity index (χ1v) is 10.2. The van der Waals surface area contributed by atoms with E-state index in [1.165, 1.54) is 38.2 Å². The quantitative estimate of drug-likeness (QED) is 0.563. The van der Waals surface area contributed by atoms with Gasteiger partial charge in [0.1, 0.15) is 17.3 Å². The lowest BCUT2D eigenvalue weighted by molar-refractivity contribution is 0.250. The molecule has 0 saturated carbocycles. The first-order valence-electron chi connectivity index (χ1n) is 8.70. The zero-order valence-electron chi connectivity index (χ0n) is 15.8. The topological polar surface area (TPSA) is 135 Å². The molecule has 3 aromatic rings. The van der Waals surface area contributed by atoms with Crippen molar-refractivity contribution in [3.8, 4) is 11.5 Å². The lowest BCUT2D eigenvalue weighted by atomic mass is 10.2. The Morgan fingerprint density at radius 1 is 1.23 bits per heavy atom. The van der Waals surface area contributed by atoms with E-state index >= 15 is 0 Å². The molecule has 0 bridgehead atoms. The first kappa shape index (κ1) is 19.6. The second-order valence-corrected chi connectivity index (χ2v) is 8.07. The fourth-order valence-corrected chi connectivity index (χ4v) is 4.38. The van der Waals surface area contributed by atoms with Crippen molar-refractivity contribution in [1.82, 2.24) is 15.5 Å². The van der Waals surface area contributed by atoms with E-state index in [4.69, 9.17) is 9.26 Å². The number of carbonyl (C=O) groups is 1. The highest BCUT2D eigenvalue weighted by Gasteiger charge is 2.25. The maximum Gasteiger partial charge on any atom is 0.320 e. The molecule has 10 nitrogen and oxygen atoms in total. The average molecular weight is 433 g/mol. The number of anilines is 2. The number of urea groups is 1. The van der Waals surface area contributed by atoms with Crippen molar-refractivity contribution >= 4 is 27.6 Å². The van der Waals surface area contributed by atoms with Crippen molar-refractivity contribution < 1.29 is 26.9 Å². The summed E-state index contributed by atoms with van der Waals surface area (Å²) in [6.45, 7) is 3.13. The van der Waals surface area contributed by atoms with Crippen LogP contribution in [0, 0.1) is 19.7 Å². The third-order valence-electron chi connectivity index (χ3n) is 4.31. The monoisotopic (exact) mass is 433 g/mol. The highest BCUT2D eigenvalue weighted by molar-refractivity contribution is 7.92. The molecule has 1 aromatic carbocycles. The SMILES string of the molecule is Cc1noc(C)c1S(=O)(=O)Nc1ccc(Oc2ccnc3c2CNC(=O)N3)c(F)c1. The Morgan fingerprint density at radius 2 is 2.03 bits per heavy atom. The number of halogens is 1. The molecule has 2 amide bonds. The third-order valence-corrected chi connectivity index (χ3v) is 5.94. The van der Waals surface area contributed by atoms with Crippen molar-refractivity contribution in [2.75, 3.05) is 10.0 Å². The summed E-state index contributed by atoms with van der Waals surface area (Å²) >= 11 is 0. The molecule has 12 heteroatoms. The predicted molar refractivity (Wildman–Crippen MR) is 103 cm³/mol. The van der Waals surface area contributed by atoms with Crippen LogP contribution in [-0.2, 0) is 16.6 Å². The van der Waals surface area contributed by atoms with E-state index in [2.05, 4.69) is 25.5 Å². The van der Waals surface area contributed by atoms with E-state index < -0.39 is 21.9 Å². The highest BCUT2D eigenvalue weighted by atomic mass is 32.2. The molecule has 0 aliphatic carbocycles. The number of hydrogen-bond donors (Lipinski definition) is 3. The van der Waals surface area contributed by atoms with Gasteiger partial charge in [0.25, 0.3) is 10.0 Å². The Balaban J connectivity index is 1.58. The van der Waals surface area contributed by atoms with E-state index in [1.807, 2.05) is 0 Å². The second kappa shape index (κ2) is 7.30. The molecule has 0 radical (unpaired) electrons. The number of sulfonamides is 1. The Kier molecular flexibility index (Phi) is 4.78. The van der Waals surface area contributed by atoms with Gasteiger partial charge in [-0.3, -0.25) is 10.0 Å². The molecule has 1 aliphatic rings. The van der Waals surface area contributed by atoms with E-state index in [0.717, 1.165) is 6.07 Å². The van der Waals surface area contributed by atoms with Crippen LogP contribution in [0.1, 0.15) is 17.0 Å². The number of amides is 2. The first-order chi connectivity index (χ1) is 14.2. The maximum atomic E-state index is 14.6. The van der Waals surface area contributed by atoms with Crippen LogP contribution in [-0.4, -0.2) is 24.6 Å². The number of aryl methyl sites for hydroxylation is 2. The van der Waals surface area contributed by atoms with Gasteiger partial charge in [0.15, 0.2) is 22.2 Å². The fraction of sp³-hybridized carbons (Fsp3) is 0.167. The van der Waals surface area contributed by atoms with Gasteiger partial charge in [0.2, 0.25) is 0 Å². The molecule has 3 N–H and O–H groups in total. The van der Waals surface area contributed by atoms with E-state index in [9.17, 15) is 17.6 Å².